The van der Waals surface area contributed by atoms with Gasteiger partial charge in [-0.3, -0.25) is 4.79 Å². The van der Waals surface area contributed by atoms with E-state index in [1.165, 1.54) is 0 Å². The standard InChI is InChI=1S/C21H23ClIN3O2/c22-17-9-16(21(27)25-19-11-26-6-4-14(19)5-7-26)20(10-18(17)24)28-12-13-2-1-3-15(23)8-13/h1-3,8-10,14,19H,4-7,11-12,24H2,(H,25,27). The number of hydrogen-bond acceptors (Lipinski definition) is 4. The van der Waals surface area contributed by atoms with Crippen molar-refractivity contribution in [3.05, 3.63) is 56.1 Å². The smallest absolute Gasteiger partial charge is 0.255 e. The minimum Gasteiger partial charge on any atom is -0.488 e. The molecule has 0 radical (unpaired) electrons. The predicted molar refractivity (Wildman–Crippen MR) is 120 cm³/mol. The summed E-state index contributed by atoms with van der Waals surface area (Å²) in [6, 6.07) is 11.5. The molecule has 5 rings (SSSR count). The van der Waals surface area contributed by atoms with Crippen molar-refractivity contribution in [3.63, 3.8) is 0 Å². The fourth-order valence-corrected chi connectivity index (χ4v) is 4.80. The van der Waals surface area contributed by atoms with Crippen LogP contribution in [0.2, 0.25) is 5.02 Å². The highest BCUT2D eigenvalue weighted by Gasteiger charge is 2.35. The Morgan fingerprint density at radius 3 is 2.75 bits per heavy atom. The van der Waals surface area contributed by atoms with Gasteiger partial charge >= 0.3 is 0 Å². The molecule has 3 aliphatic heterocycles. The molecule has 3 fully saturated rings. The van der Waals surface area contributed by atoms with Crippen molar-refractivity contribution in [2.24, 2.45) is 5.92 Å². The Hall–Kier alpha value is -1.51. The third-order valence-corrected chi connectivity index (χ3v) is 6.60. The molecule has 1 unspecified atom stereocenters. The molecule has 1 atom stereocenters. The minimum absolute atomic E-state index is 0.154. The van der Waals surface area contributed by atoms with Crippen LogP contribution in [0.4, 0.5) is 5.69 Å². The van der Waals surface area contributed by atoms with Crippen LogP contribution in [0.25, 0.3) is 0 Å². The van der Waals surface area contributed by atoms with E-state index >= 15 is 0 Å². The molecule has 3 saturated heterocycles. The number of rotatable bonds is 5. The van der Waals surface area contributed by atoms with Crippen LogP contribution in [0.5, 0.6) is 5.75 Å². The molecule has 1 amide bonds. The molecule has 3 aliphatic rings. The number of benzene rings is 2. The van der Waals surface area contributed by atoms with Crippen LogP contribution in [0.1, 0.15) is 28.8 Å². The van der Waals surface area contributed by atoms with Gasteiger partial charge in [0.05, 0.1) is 16.3 Å². The third kappa shape index (κ3) is 4.39. The van der Waals surface area contributed by atoms with Gasteiger partial charge in [0, 0.05) is 22.2 Å². The van der Waals surface area contributed by atoms with Gasteiger partial charge in [-0.1, -0.05) is 23.7 Å². The first-order chi connectivity index (χ1) is 13.5. The lowest BCUT2D eigenvalue weighted by molar-refractivity contribution is 0.0618. The monoisotopic (exact) mass is 511 g/mol. The van der Waals surface area contributed by atoms with Crippen molar-refractivity contribution in [3.8, 4) is 5.75 Å². The summed E-state index contributed by atoms with van der Waals surface area (Å²) in [5.41, 5.74) is 7.83. The number of amides is 1. The summed E-state index contributed by atoms with van der Waals surface area (Å²) in [4.78, 5) is 15.4. The van der Waals surface area contributed by atoms with Crippen molar-refractivity contribution in [2.75, 3.05) is 25.4 Å². The maximum atomic E-state index is 13.0. The van der Waals surface area contributed by atoms with E-state index in [2.05, 4.69) is 32.8 Å². The van der Waals surface area contributed by atoms with Crippen molar-refractivity contribution < 1.29 is 9.53 Å². The van der Waals surface area contributed by atoms with Gasteiger partial charge < -0.3 is 20.7 Å². The molecule has 28 heavy (non-hydrogen) atoms. The fourth-order valence-electron chi connectivity index (χ4n) is 4.03. The Morgan fingerprint density at radius 2 is 2.07 bits per heavy atom. The van der Waals surface area contributed by atoms with Gasteiger partial charge in [-0.2, -0.15) is 0 Å². The van der Waals surface area contributed by atoms with Gasteiger partial charge in [-0.25, -0.2) is 0 Å². The zero-order valence-corrected chi connectivity index (χ0v) is 18.4. The lowest BCUT2D eigenvalue weighted by Gasteiger charge is -2.44. The molecule has 2 aromatic rings. The number of nitrogens with one attached hydrogen (secondary N) is 1. The second kappa shape index (κ2) is 8.47. The van der Waals surface area contributed by atoms with Crippen LogP contribution in [0.15, 0.2) is 36.4 Å². The highest BCUT2D eigenvalue weighted by atomic mass is 127. The molecule has 3 N–H and O–H groups in total. The van der Waals surface area contributed by atoms with E-state index in [9.17, 15) is 4.79 Å². The third-order valence-electron chi connectivity index (χ3n) is 5.60. The number of hydrogen-bond donors (Lipinski definition) is 2. The van der Waals surface area contributed by atoms with Crippen molar-refractivity contribution in [1.82, 2.24) is 10.2 Å². The molecule has 148 valence electrons. The van der Waals surface area contributed by atoms with Gasteiger partial charge in [0.15, 0.2) is 0 Å². The zero-order valence-electron chi connectivity index (χ0n) is 15.5. The Balaban J connectivity index is 1.52. The van der Waals surface area contributed by atoms with Crippen molar-refractivity contribution in [2.45, 2.75) is 25.5 Å². The topological polar surface area (TPSA) is 67.6 Å². The summed E-state index contributed by atoms with van der Waals surface area (Å²) >= 11 is 8.47. The quantitative estimate of drug-likeness (QED) is 0.472. The number of halogens is 2. The number of nitrogens with two attached hydrogens (primary N) is 1. The predicted octanol–water partition coefficient (Wildman–Crippen LogP) is 3.93. The molecule has 5 nitrogen and oxygen atoms in total. The lowest BCUT2D eigenvalue weighted by atomic mass is 9.84. The normalized spacial score (nSPS) is 23.4. The number of ether oxygens (including phenoxy) is 1. The van der Waals surface area contributed by atoms with Crippen LogP contribution in [0.3, 0.4) is 0 Å². The first kappa shape index (κ1) is 19.8. The molecule has 0 saturated carbocycles. The van der Waals surface area contributed by atoms with Gasteiger partial charge in [-0.15, -0.1) is 0 Å². The Bertz CT molecular complexity index is 884. The molecule has 0 aromatic heterocycles. The second-order valence-electron chi connectivity index (χ2n) is 7.51. The van der Waals surface area contributed by atoms with E-state index in [1.54, 1.807) is 12.1 Å². The number of anilines is 1. The summed E-state index contributed by atoms with van der Waals surface area (Å²) in [6.07, 6.45) is 2.28. The molecule has 0 spiro atoms. The molecule has 2 aromatic carbocycles. The first-order valence-electron chi connectivity index (χ1n) is 9.49. The summed E-state index contributed by atoms with van der Waals surface area (Å²) in [7, 11) is 0. The largest absolute Gasteiger partial charge is 0.488 e. The van der Waals surface area contributed by atoms with Gasteiger partial charge in [0.2, 0.25) is 0 Å². The van der Waals surface area contributed by atoms with Gasteiger partial charge in [-0.05, 0) is 78.2 Å². The van der Waals surface area contributed by atoms with E-state index in [-0.39, 0.29) is 11.9 Å². The van der Waals surface area contributed by atoms with Gasteiger partial charge in [0.25, 0.3) is 5.91 Å². The van der Waals surface area contributed by atoms with Crippen LogP contribution < -0.4 is 15.8 Å². The van der Waals surface area contributed by atoms with E-state index in [1.807, 2.05) is 24.3 Å². The van der Waals surface area contributed by atoms with E-state index in [0.29, 0.717) is 34.5 Å². The van der Waals surface area contributed by atoms with Crippen LogP contribution in [0, 0.1) is 9.49 Å². The average molecular weight is 512 g/mol. The zero-order chi connectivity index (χ0) is 19.7. The van der Waals surface area contributed by atoms with Crippen LogP contribution >= 0.6 is 34.2 Å². The van der Waals surface area contributed by atoms with Crippen molar-refractivity contribution >= 4 is 45.8 Å². The first-order valence-corrected chi connectivity index (χ1v) is 10.9. The molecule has 0 aliphatic carbocycles. The number of carbonyl (C=O) groups excluding carboxylic acids is 1. The molecule has 2 bridgehead atoms. The number of nitrogens with zero attached hydrogens (tertiary/aromatic N) is 1. The van der Waals surface area contributed by atoms with E-state index in [4.69, 9.17) is 22.1 Å². The Labute approximate surface area is 183 Å². The van der Waals surface area contributed by atoms with Crippen molar-refractivity contribution in [1.29, 1.82) is 0 Å². The van der Waals surface area contributed by atoms with Gasteiger partial charge in [0.1, 0.15) is 12.4 Å². The summed E-state index contributed by atoms with van der Waals surface area (Å²) in [5, 5.41) is 3.56. The number of nitrogen functional groups attached to an aromatic ring is 1. The summed E-state index contributed by atoms with van der Waals surface area (Å²) < 4.78 is 7.11. The van der Waals surface area contributed by atoms with Crippen LogP contribution in [-0.2, 0) is 6.61 Å². The van der Waals surface area contributed by atoms with Crippen LogP contribution in [-0.4, -0.2) is 36.5 Å². The second-order valence-corrected chi connectivity index (χ2v) is 9.16. The lowest BCUT2D eigenvalue weighted by Crippen LogP contribution is -2.57. The summed E-state index contributed by atoms with van der Waals surface area (Å²) in [5.74, 6) is 0.854. The molecular formula is C21H23ClIN3O2. The number of fused-ring (bicyclic) bond motifs is 3. The van der Waals surface area contributed by atoms with E-state index < -0.39 is 0 Å². The summed E-state index contributed by atoms with van der Waals surface area (Å²) in [6.45, 7) is 3.54. The highest BCUT2D eigenvalue weighted by molar-refractivity contribution is 14.1. The average Bonchev–Trinajstić information content (AvgIpc) is 2.69. The Kier molecular flexibility index (Phi) is 5.99. The maximum Gasteiger partial charge on any atom is 0.255 e. The SMILES string of the molecule is Nc1cc(OCc2cccc(I)c2)c(C(=O)NC2CN3CCC2CC3)cc1Cl. The minimum atomic E-state index is -0.154. The fraction of sp³-hybridized carbons (Fsp3) is 0.381. The molecule has 3 heterocycles. The highest BCUT2D eigenvalue weighted by Crippen LogP contribution is 2.31. The molecular weight excluding hydrogens is 489 g/mol. The molecule has 7 heteroatoms. The number of piperidine rings is 3. The maximum absolute atomic E-state index is 13.0. The number of carbonyl (C=O) groups is 1. The Morgan fingerprint density at radius 1 is 1.29 bits per heavy atom. The van der Waals surface area contributed by atoms with E-state index in [0.717, 1.165) is 41.6 Å².